The summed E-state index contributed by atoms with van der Waals surface area (Å²) in [6.45, 7) is 0.496. The molecule has 1 fully saturated rings. The number of anilines is 1. The molecule has 0 radical (unpaired) electrons. The van der Waals surface area contributed by atoms with Gasteiger partial charge >= 0.3 is 0 Å². The Kier molecular flexibility index (Phi) is 5.50. The summed E-state index contributed by atoms with van der Waals surface area (Å²) in [5, 5.41) is 3.13. The van der Waals surface area contributed by atoms with Crippen LogP contribution < -0.4 is 14.4 Å². The minimum atomic E-state index is -3.25. The number of rotatable bonds is 4. The molecule has 2 aromatic carbocycles. The number of sulfonamides is 1. The van der Waals surface area contributed by atoms with E-state index in [0.29, 0.717) is 24.2 Å². The maximum absolute atomic E-state index is 12.8. The van der Waals surface area contributed by atoms with Gasteiger partial charge in [0.2, 0.25) is 10.0 Å². The van der Waals surface area contributed by atoms with E-state index in [0.717, 1.165) is 37.0 Å². The van der Waals surface area contributed by atoms with Crippen molar-refractivity contribution in [3.8, 4) is 5.75 Å². The summed E-state index contributed by atoms with van der Waals surface area (Å²) in [4.78, 5) is 12.8. The number of carbonyl (C=O) groups is 1. The number of hydrogen-bond donors (Lipinski definition) is 1. The van der Waals surface area contributed by atoms with Gasteiger partial charge in [0, 0.05) is 12.1 Å². The fourth-order valence-corrected chi connectivity index (χ4v) is 5.81. The third-order valence-corrected chi connectivity index (χ3v) is 7.61. The molecule has 1 aliphatic carbocycles. The predicted octanol–water partition coefficient (Wildman–Crippen LogP) is 3.43. The molecule has 0 bridgehead atoms. The third kappa shape index (κ3) is 4.10. The smallest absolute Gasteiger partial charge is 0.251 e. The molecular formula is C22H26N2O4S. The zero-order valence-corrected chi connectivity index (χ0v) is 17.4. The number of benzene rings is 2. The Balaban J connectivity index is 1.49. The zero-order valence-electron chi connectivity index (χ0n) is 16.6. The van der Waals surface area contributed by atoms with Crippen LogP contribution in [0.4, 0.5) is 5.69 Å². The van der Waals surface area contributed by atoms with E-state index in [1.165, 1.54) is 9.87 Å². The Hall–Kier alpha value is -2.54. The molecule has 7 heteroatoms. The number of fused-ring (bicyclic) bond motifs is 1. The van der Waals surface area contributed by atoms with E-state index >= 15 is 0 Å². The first-order valence-electron chi connectivity index (χ1n) is 10.1. The van der Waals surface area contributed by atoms with Gasteiger partial charge in [-0.3, -0.25) is 9.10 Å². The molecule has 0 saturated carbocycles. The molecule has 6 nitrogen and oxygen atoms in total. The molecule has 2 aliphatic rings. The molecule has 0 aromatic heterocycles. The molecule has 2 aromatic rings. The van der Waals surface area contributed by atoms with Gasteiger partial charge < -0.3 is 10.1 Å². The zero-order chi connectivity index (χ0) is 20.4. The van der Waals surface area contributed by atoms with Gasteiger partial charge in [-0.2, -0.15) is 0 Å². The number of amides is 1. The fourth-order valence-electron chi connectivity index (χ4n) is 4.17. The number of nitrogens with zero attached hydrogens (tertiary/aromatic N) is 1. The summed E-state index contributed by atoms with van der Waals surface area (Å²) in [5.74, 6) is 0.867. The van der Waals surface area contributed by atoms with E-state index < -0.39 is 10.0 Å². The normalized spacial score (nSPS) is 20.6. The molecular weight excluding hydrogens is 388 g/mol. The molecule has 1 atom stereocenters. The van der Waals surface area contributed by atoms with Gasteiger partial charge in [-0.05, 0) is 79.6 Å². The van der Waals surface area contributed by atoms with Crippen LogP contribution in [0.5, 0.6) is 5.75 Å². The van der Waals surface area contributed by atoms with E-state index in [9.17, 15) is 13.2 Å². The molecule has 1 amide bonds. The van der Waals surface area contributed by atoms with E-state index in [4.69, 9.17) is 4.74 Å². The van der Waals surface area contributed by atoms with Crippen LogP contribution in [0, 0.1) is 0 Å². The topological polar surface area (TPSA) is 75.7 Å². The molecule has 154 valence electrons. The number of aryl methyl sites for hydroxylation is 1. The Bertz CT molecular complexity index is 1000. The Morgan fingerprint density at radius 1 is 1.10 bits per heavy atom. The highest BCUT2D eigenvalue weighted by atomic mass is 32.2. The second-order valence-electron chi connectivity index (χ2n) is 7.63. The molecule has 1 unspecified atom stereocenters. The largest absolute Gasteiger partial charge is 0.497 e. The van der Waals surface area contributed by atoms with Crippen LogP contribution in [-0.4, -0.2) is 33.7 Å². The van der Waals surface area contributed by atoms with Crippen LogP contribution in [0.25, 0.3) is 0 Å². The lowest BCUT2D eigenvalue weighted by Crippen LogP contribution is -2.37. The van der Waals surface area contributed by atoms with Gasteiger partial charge in [-0.15, -0.1) is 0 Å². The van der Waals surface area contributed by atoms with Crippen LogP contribution in [0.2, 0.25) is 0 Å². The summed E-state index contributed by atoms with van der Waals surface area (Å²) in [6.07, 6.45) is 4.45. The Morgan fingerprint density at radius 2 is 1.90 bits per heavy atom. The molecule has 29 heavy (non-hydrogen) atoms. The number of nitrogens with one attached hydrogen (secondary N) is 1. The summed E-state index contributed by atoms with van der Waals surface area (Å²) in [5.41, 5.74) is 3.51. The average Bonchev–Trinajstić information content (AvgIpc) is 2.73. The van der Waals surface area contributed by atoms with Crippen molar-refractivity contribution in [2.24, 2.45) is 0 Å². The van der Waals surface area contributed by atoms with E-state index in [1.807, 2.05) is 18.2 Å². The minimum absolute atomic E-state index is 0.0284. The van der Waals surface area contributed by atoms with Crippen molar-refractivity contribution < 1.29 is 17.9 Å². The van der Waals surface area contributed by atoms with E-state index in [1.54, 1.807) is 31.4 Å². The highest BCUT2D eigenvalue weighted by Crippen LogP contribution is 2.32. The predicted molar refractivity (Wildman–Crippen MR) is 113 cm³/mol. The molecule has 1 aliphatic heterocycles. The number of ether oxygens (including phenoxy) is 1. The van der Waals surface area contributed by atoms with Gasteiger partial charge in [0.15, 0.2) is 0 Å². The van der Waals surface area contributed by atoms with Gasteiger partial charge in [0.05, 0.1) is 24.6 Å². The standard InChI is InChI=1S/C22H26N2O4S/c1-28-19-11-12-20-17(15-19)5-4-6-21(20)23-22(25)16-7-9-18(10-8-16)24-13-2-3-14-29(24,26)27/h7-12,15,21H,2-6,13-14H2,1H3,(H,23,25). The lowest BCUT2D eigenvalue weighted by molar-refractivity contribution is 0.0933. The minimum Gasteiger partial charge on any atom is -0.497 e. The summed E-state index contributed by atoms with van der Waals surface area (Å²) in [7, 11) is -1.59. The Morgan fingerprint density at radius 3 is 2.62 bits per heavy atom. The highest BCUT2D eigenvalue weighted by molar-refractivity contribution is 7.92. The first-order chi connectivity index (χ1) is 14.0. The van der Waals surface area contributed by atoms with Crippen LogP contribution in [0.1, 0.15) is 53.2 Å². The first-order valence-corrected chi connectivity index (χ1v) is 11.7. The Labute approximate surface area is 171 Å². The molecule has 1 heterocycles. The van der Waals surface area contributed by atoms with Gasteiger partial charge in [0.25, 0.3) is 5.91 Å². The van der Waals surface area contributed by atoms with Gasteiger partial charge in [-0.1, -0.05) is 6.07 Å². The lowest BCUT2D eigenvalue weighted by atomic mass is 9.87. The monoisotopic (exact) mass is 414 g/mol. The second kappa shape index (κ2) is 8.06. The summed E-state index contributed by atoms with van der Waals surface area (Å²) < 4.78 is 31.3. The number of methoxy groups -OCH3 is 1. The maximum atomic E-state index is 12.8. The van der Waals surface area contributed by atoms with Crippen molar-refractivity contribution in [3.63, 3.8) is 0 Å². The van der Waals surface area contributed by atoms with Crippen LogP contribution >= 0.6 is 0 Å². The molecule has 4 rings (SSSR count). The van der Waals surface area contributed by atoms with E-state index in [-0.39, 0.29) is 17.7 Å². The van der Waals surface area contributed by atoms with Crippen LogP contribution in [0.3, 0.4) is 0 Å². The third-order valence-electron chi connectivity index (χ3n) is 5.74. The maximum Gasteiger partial charge on any atom is 0.251 e. The van der Waals surface area contributed by atoms with Crippen molar-refractivity contribution in [3.05, 3.63) is 59.2 Å². The van der Waals surface area contributed by atoms with E-state index in [2.05, 4.69) is 5.32 Å². The average molecular weight is 415 g/mol. The van der Waals surface area contributed by atoms with Crippen LogP contribution in [0.15, 0.2) is 42.5 Å². The molecule has 0 spiro atoms. The van der Waals surface area contributed by atoms with Crippen LogP contribution in [-0.2, 0) is 16.4 Å². The van der Waals surface area contributed by atoms with Gasteiger partial charge in [0.1, 0.15) is 5.75 Å². The first kappa shape index (κ1) is 19.8. The van der Waals surface area contributed by atoms with Crippen molar-refractivity contribution in [1.82, 2.24) is 5.32 Å². The summed E-state index contributed by atoms with van der Waals surface area (Å²) >= 11 is 0. The number of hydrogen-bond acceptors (Lipinski definition) is 4. The van der Waals surface area contributed by atoms with Crippen molar-refractivity contribution >= 4 is 21.6 Å². The SMILES string of the molecule is COc1ccc2c(c1)CCCC2NC(=O)c1ccc(N2CCCCS2(=O)=O)cc1. The fraction of sp³-hybridized carbons (Fsp3) is 0.409. The van der Waals surface area contributed by atoms with Crippen molar-refractivity contribution in [1.29, 1.82) is 0 Å². The molecule has 1 N–H and O–H groups in total. The summed E-state index contributed by atoms with van der Waals surface area (Å²) in [6, 6.07) is 12.8. The second-order valence-corrected chi connectivity index (χ2v) is 9.64. The molecule has 1 saturated heterocycles. The van der Waals surface area contributed by atoms with Gasteiger partial charge in [-0.25, -0.2) is 8.42 Å². The number of carbonyl (C=O) groups excluding carboxylic acids is 1. The highest BCUT2D eigenvalue weighted by Gasteiger charge is 2.26. The quantitative estimate of drug-likeness (QED) is 0.832. The van der Waals surface area contributed by atoms with Crippen molar-refractivity contribution in [2.75, 3.05) is 23.7 Å². The van der Waals surface area contributed by atoms with Crippen molar-refractivity contribution in [2.45, 2.75) is 38.1 Å². The lowest BCUT2D eigenvalue weighted by Gasteiger charge is -2.28.